The molecule has 4 N–H and O–H groups in total. The number of likely N-dealkylation sites (N-methyl/N-ethyl adjacent to an activating group) is 1. The fraction of sp³-hybridized carbons (Fsp3) is 0.727. The lowest BCUT2D eigenvalue weighted by Crippen LogP contribution is -2.57. The number of carbonyl (C=O) groups excluding carboxylic acids is 1. The van der Waals surface area contributed by atoms with Crippen LogP contribution in [0.1, 0.15) is 31.5 Å². The maximum absolute atomic E-state index is 11.6. The summed E-state index contributed by atoms with van der Waals surface area (Å²) in [5.41, 5.74) is 4.96. The van der Waals surface area contributed by atoms with Crippen LogP contribution in [0.2, 0.25) is 0 Å². The van der Waals surface area contributed by atoms with Crippen molar-refractivity contribution in [1.82, 2.24) is 20.5 Å². The number of nitrogens with one attached hydrogen (secondary N) is 2. The summed E-state index contributed by atoms with van der Waals surface area (Å²) in [4.78, 5) is 15.9. The Bertz CT molecular complexity index is 435. The van der Waals surface area contributed by atoms with Crippen LogP contribution in [0.4, 0.5) is 0 Å². The summed E-state index contributed by atoms with van der Waals surface area (Å²) in [6, 6.07) is 0. The summed E-state index contributed by atoms with van der Waals surface area (Å²) < 4.78 is 0. The maximum atomic E-state index is 11.6. The third kappa shape index (κ3) is 2.67. The van der Waals surface area contributed by atoms with E-state index in [4.69, 9.17) is 5.73 Å². The number of amides is 1. The van der Waals surface area contributed by atoms with Gasteiger partial charge in [-0.25, -0.2) is 4.98 Å². The van der Waals surface area contributed by atoms with E-state index in [2.05, 4.69) is 20.5 Å². The van der Waals surface area contributed by atoms with Gasteiger partial charge >= 0.3 is 0 Å². The Kier molecular flexibility index (Phi) is 3.91. The summed E-state index contributed by atoms with van der Waals surface area (Å²) >= 11 is 1.62. The molecule has 2 atom stereocenters. The number of rotatable bonds is 4. The molecule has 1 aromatic heterocycles. The molecule has 2 rings (SSSR count). The summed E-state index contributed by atoms with van der Waals surface area (Å²) in [7, 11) is 1.80. The van der Waals surface area contributed by atoms with Crippen molar-refractivity contribution in [2.45, 2.75) is 48.6 Å². The number of hydrogen-bond donors (Lipinski definition) is 3. The van der Waals surface area contributed by atoms with Gasteiger partial charge in [-0.2, -0.15) is 0 Å². The molecule has 0 aromatic carbocycles. The first kappa shape index (κ1) is 13.4. The molecule has 1 aliphatic carbocycles. The highest BCUT2D eigenvalue weighted by atomic mass is 32.2. The van der Waals surface area contributed by atoms with E-state index in [0.29, 0.717) is 5.25 Å². The zero-order valence-electron chi connectivity index (χ0n) is 10.7. The molecule has 1 saturated carbocycles. The fourth-order valence-corrected chi connectivity index (χ4v) is 3.66. The highest BCUT2D eigenvalue weighted by Crippen LogP contribution is 2.36. The number of aromatic nitrogens is 3. The summed E-state index contributed by atoms with van der Waals surface area (Å²) in [5.74, 6) is 0.546. The van der Waals surface area contributed by atoms with Gasteiger partial charge in [0.2, 0.25) is 11.1 Å². The van der Waals surface area contributed by atoms with E-state index < -0.39 is 5.54 Å². The van der Waals surface area contributed by atoms with E-state index in [9.17, 15) is 4.79 Å². The number of hydrogen-bond acceptors (Lipinski definition) is 5. The minimum Gasteiger partial charge on any atom is -0.368 e. The lowest BCUT2D eigenvalue weighted by atomic mass is 9.81. The van der Waals surface area contributed by atoms with Gasteiger partial charge < -0.3 is 11.1 Å². The van der Waals surface area contributed by atoms with Gasteiger partial charge in [0.25, 0.3) is 0 Å². The number of nitrogens with zero attached hydrogens (tertiary/aromatic N) is 2. The molecule has 1 fully saturated rings. The van der Waals surface area contributed by atoms with Crippen molar-refractivity contribution in [3.63, 3.8) is 0 Å². The van der Waals surface area contributed by atoms with Crippen molar-refractivity contribution in [2.24, 2.45) is 5.73 Å². The van der Waals surface area contributed by atoms with Crippen LogP contribution in [0.25, 0.3) is 0 Å². The van der Waals surface area contributed by atoms with E-state index in [1.165, 1.54) is 0 Å². The van der Waals surface area contributed by atoms with E-state index in [1.54, 1.807) is 18.8 Å². The van der Waals surface area contributed by atoms with Crippen LogP contribution in [0, 0.1) is 6.92 Å². The van der Waals surface area contributed by atoms with E-state index in [-0.39, 0.29) is 5.91 Å². The Morgan fingerprint density at radius 1 is 1.67 bits per heavy atom. The molecule has 1 heterocycles. The van der Waals surface area contributed by atoms with Crippen LogP contribution in [-0.2, 0) is 4.79 Å². The second-order valence-electron chi connectivity index (χ2n) is 4.74. The monoisotopic (exact) mass is 269 g/mol. The van der Waals surface area contributed by atoms with Gasteiger partial charge in [0.15, 0.2) is 0 Å². The van der Waals surface area contributed by atoms with Crippen molar-refractivity contribution in [2.75, 3.05) is 7.05 Å². The lowest BCUT2D eigenvalue weighted by molar-refractivity contribution is -0.125. The Morgan fingerprint density at radius 2 is 2.44 bits per heavy atom. The quantitative estimate of drug-likeness (QED) is 0.743. The second kappa shape index (κ2) is 5.27. The standard InChI is InChI=1S/C11H19N5OS/c1-7-14-10(16-15-7)18-8-4-3-5-11(6-8,13-2)9(12)17/h8,13H,3-6H2,1-2H3,(H2,12,17)(H,14,15,16). The van der Waals surface area contributed by atoms with Crippen molar-refractivity contribution < 1.29 is 4.79 Å². The van der Waals surface area contributed by atoms with Crippen molar-refractivity contribution in [1.29, 1.82) is 0 Å². The number of aryl methyl sites for hydroxylation is 1. The van der Waals surface area contributed by atoms with Crippen molar-refractivity contribution in [3.8, 4) is 0 Å². The topological polar surface area (TPSA) is 96.7 Å². The van der Waals surface area contributed by atoms with Crippen LogP contribution in [0.3, 0.4) is 0 Å². The first-order valence-corrected chi connectivity index (χ1v) is 6.98. The van der Waals surface area contributed by atoms with E-state index in [1.807, 2.05) is 6.92 Å². The van der Waals surface area contributed by atoms with Crippen LogP contribution in [0.5, 0.6) is 0 Å². The Morgan fingerprint density at radius 3 is 3.00 bits per heavy atom. The molecule has 1 aliphatic rings. The molecular weight excluding hydrogens is 250 g/mol. The first-order chi connectivity index (χ1) is 8.55. The molecule has 6 nitrogen and oxygen atoms in total. The molecule has 0 spiro atoms. The predicted octanol–water partition coefficient (Wildman–Crippen LogP) is 0.591. The zero-order valence-corrected chi connectivity index (χ0v) is 11.5. The molecule has 2 unspecified atom stereocenters. The average molecular weight is 269 g/mol. The summed E-state index contributed by atoms with van der Waals surface area (Å²) in [5, 5.41) is 11.1. The fourth-order valence-electron chi connectivity index (χ4n) is 2.42. The number of aromatic amines is 1. The van der Waals surface area contributed by atoms with Crippen molar-refractivity contribution in [3.05, 3.63) is 5.82 Å². The SMILES string of the molecule is CNC1(C(N)=O)CCCC(Sc2n[nH]c(C)n2)C1. The number of H-pyrrole nitrogens is 1. The van der Waals surface area contributed by atoms with Crippen LogP contribution in [-0.4, -0.2) is 38.9 Å². The third-order valence-electron chi connectivity index (χ3n) is 3.50. The largest absolute Gasteiger partial charge is 0.368 e. The number of thioether (sulfide) groups is 1. The molecule has 0 radical (unpaired) electrons. The van der Waals surface area contributed by atoms with Crippen molar-refractivity contribution >= 4 is 17.7 Å². The second-order valence-corrected chi connectivity index (χ2v) is 6.00. The van der Waals surface area contributed by atoms with Gasteiger partial charge in [-0.1, -0.05) is 11.8 Å². The predicted molar refractivity (Wildman–Crippen MR) is 70.2 cm³/mol. The van der Waals surface area contributed by atoms with Crippen LogP contribution < -0.4 is 11.1 Å². The molecule has 1 amide bonds. The van der Waals surface area contributed by atoms with Gasteiger partial charge in [0.1, 0.15) is 5.82 Å². The lowest BCUT2D eigenvalue weighted by Gasteiger charge is -2.37. The van der Waals surface area contributed by atoms with Gasteiger partial charge in [0, 0.05) is 5.25 Å². The number of nitrogens with two attached hydrogens (primary N) is 1. The molecule has 0 saturated heterocycles. The summed E-state index contributed by atoms with van der Waals surface area (Å²) in [6.07, 6.45) is 3.60. The summed E-state index contributed by atoms with van der Waals surface area (Å²) in [6.45, 7) is 1.87. The van der Waals surface area contributed by atoms with Gasteiger partial charge in [-0.3, -0.25) is 9.89 Å². The number of carbonyl (C=O) groups is 1. The molecule has 18 heavy (non-hydrogen) atoms. The van der Waals surface area contributed by atoms with Crippen LogP contribution >= 0.6 is 11.8 Å². The number of primary amides is 1. The smallest absolute Gasteiger partial charge is 0.237 e. The maximum Gasteiger partial charge on any atom is 0.237 e. The normalized spacial score (nSPS) is 28.2. The Balaban J connectivity index is 2.04. The third-order valence-corrected chi connectivity index (χ3v) is 4.63. The molecular formula is C11H19N5OS. The molecule has 100 valence electrons. The van der Waals surface area contributed by atoms with E-state index in [0.717, 1.165) is 36.7 Å². The molecule has 1 aromatic rings. The molecule has 0 bridgehead atoms. The highest BCUT2D eigenvalue weighted by molar-refractivity contribution is 7.99. The molecule has 7 heteroatoms. The minimum atomic E-state index is -0.568. The minimum absolute atomic E-state index is 0.263. The Labute approximate surface area is 111 Å². The highest BCUT2D eigenvalue weighted by Gasteiger charge is 2.40. The first-order valence-electron chi connectivity index (χ1n) is 6.10. The molecule has 0 aliphatic heterocycles. The van der Waals surface area contributed by atoms with Gasteiger partial charge in [-0.05, 0) is 39.7 Å². The Hall–Kier alpha value is -1.08. The van der Waals surface area contributed by atoms with Gasteiger partial charge in [0.05, 0.1) is 5.54 Å². The average Bonchev–Trinajstić information content (AvgIpc) is 2.74. The zero-order chi connectivity index (χ0) is 13.2. The van der Waals surface area contributed by atoms with E-state index >= 15 is 0 Å². The van der Waals surface area contributed by atoms with Crippen LogP contribution in [0.15, 0.2) is 5.16 Å². The van der Waals surface area contributed by atoms with Gasteiger partial charge in [-0.15, -0.1) is 5.10 Å².